The van der Waals surface area contributed by atoms with Crippen molar-refractivity contribution in [2.45, 2.75) is 79.1 Å². The molecule has 0 N–H and O–H groups in total. The molecule has 0 aliphatic rings. The quantitative estimate of drug-likeness (QED) is 0.217. The molecule has 0 aliphatic heterocycles. The van der Waals surface area contributed by atoms with E-state index in [4.69, 9.17) is 17.5 Å². The molecule has 0 atom stereocenters. The Morgan fingerprint density at radius 2 is 0.826 bits per heavy atom. The van der Waals surface area contributed by atoms with Gasteiger partial charge in [-0.2, -0.15) is 0 Å². The van der Waals surface area contributed by atoms with Gasteiger partial charge in [0.05, 0.1) is 26.2 Å². The van der Waals surface area contributed by atoms with Crippen molar-refractivity contribution >= 4 is 10.4 Å². The monoisotopic (exact) mass is 377 g/mol. The van der Waals surface area contributed by atoms with Crippen LogP contribution in [0.5, 0.6) is 0 Å². The molecule has 0 amide bonds. The third-order valence-corrected chi connectivity index (χ3v) is 3.94. The summed E-state index contributed by atoms with van der Waals surface area (Å²) >= 11 is 0. The van der Waals surface area contributed by atoms with Gasteiger partial charge in [0.2, 0.25) is 0 Å². The van der Waals surface area contributed by atoms with Crippen molar-refractivity contribution in [1.82, 2.24) is 0 Å². The van der Waals surface area contributed by atoms with Crippen LogP contribution >= 0.6 is 0 Å². The van der Waals surface area contributed by atoms with Crippen LogP contribution in [-0.2, 0) is 10.4 Å². The van der Waals surface area contributed by atoms with E-state index in [9.17, 15) is 0 Å². The topological polar surface area (TPSA) is 80.3 Å². The largest absolute Gasteiger partial charge is 1.00 e. The fourth-order valence-electron chi connectivity index (χ4n) is 2.64. The fraction of sp³-hybridized carbons (Fsp3) is 1.00. The van der Waals surface area contributed by atoms with Crippen LogP contribution in [0.3, 0.4) is 0 Å². The molecule has 0 aliphatic carbocycles. The van der Waals surface area contributed by atoms with Crippen LogP contribution in [0.15, 0.2) is 0 Å². The van der Waals surface area contributed by atoms with Crippen LogP contribution in [0, 0.1) is 0 Å². The van der Waals surface area contributed by atoms with Gasteiger partial charge < -0.3 is 13.6 Å². The number of hydrogen-bond donors (Lipinski definition) is 0. The standard InChI is InChI=1S/C16H36N.K.H2O4S/c1-5-9-13-17(14-10-6-2,15-11-7-3)16-12-8-4;;1-5(2,3)4/h5-16H2,1-4H3;;(H2,1,2,3,4)/q2*+1;/p-2. The number of nitrogens with zero attached hydrogens (tertiary/aromatic N) is 1. The second-order valence-electron chi connectivity index (χ2n) is 6.06. The van der Waals surface area contributed by atoms with Crippen LogP contribution in [0.25, 0.3) is 0 Å². The minimum Gasteiger partial charge on any atom is -0.759 e. The molecule has 0 aromatic heterocycles. The summed E-state index contributed by atoms with van der Waals surface area (Å²) in [6.45, 7) is 15.0. The molecular formula is C16H36KNO4S. The van der Waals surface area contributed by atoms with Crippen molar-refractivity contribution in [3.05, 3.63) is 0 Å². The molecule has 0 radical (unpaired) electrons. The van der Waals surface area contributed by atoms with Gasteiger partial charge in [-0.05, 0) is 25.7 Å². The van der Waals surface area contributed by atoms with Crippen molar-refractivity contribution in [1.29, 1.82) is 0 Å². The van der Waals surface area contributed by atoms with Crippen molar-refractivity contribution in [2.24, 2.45) is 0 Å². The SMILES string of the molecule is CCCC[N+](CCCC)(CCCC)CCCC.O=S(=O)([O-])[O-].[K+]. The number of rotatable bonds is 12. The molecule has 7 heteroatoms. The summed E-state index contributed by atoms with van der Waals surface area (Å²) in [5, 5.41) is 0. The minimum absolute atomic E-state index is 0. The first-order valence-corrected chi connectivity index (χ1v) is 10.1. The van der Waals surface area contributed by atoms with Gasteiger partial charge in [-0.15, -0.1) is 0 Å². The van der Waals surface area contributed by atoms with Gasteiger partial charge >= 0.3 is 51.4 Å². The maximum absolute atomic E-state index is 8.52. The Morgan fingerprint density at radius 3 is 0.957 bits per heavy atom. The molecular weight excluding hydrogens is 341 g/mol. The first-order valence-electron chi connectivity index (χ1n) is 8.76. The first kappa shape index (κ1) is 29.2. The Morgan fingerprint density at radius 1 is 0.652 bits per heavy atom. The Bertz CT molecular complexity index is 291. The number of hydrogen-bond acceptors (Lipinski definition) is 4. The number of quaternary nitrogens is 1. The second-order valence-corrected chi connectivity index (χ2v) is 6.88. The second kappa shape index (κ2) is 18.3. The predicted octanol–water partition coefficient (Wildman–Crippen LogP) is 0.670. The predicted molar refractivity (Wildman–Crippen MR) is 89.8 cm³/mol. The van der Waals surface area contributed by atoms with E-state index >= 15 is 0 Å². The third kappa shape index (κ3) is 23.5. The maximum Gasteiger partial charge on any atom is 1.00 e. The van der Waals surface area contributed by atoms with E-state index < -0.39 is 10.4 Å². The Kier molecular flexibility index (Phi) is 23.2. The zero-order valence-electron chi connectivity index (χ0n) is 16.0. The van der Waals surface area contributed by atoms with Gasteiger partial charge in [0.15, 0.2) is 0 Å². The molecule has 0 saturated heterocycles. The van der Waals surface area contributed by atoms with E-state index in [1.54, 1.807) is 0 Å². The first-order chi connectivity index (χ1) is 10.2. The number of unbranched alkanes of at least 4 members (excludes halogenated alkanes) is 4. The fourth-order valence-corrected chi connectivity index (χ4v) is 2.64. The molecule has 0 unspecified atom stereocenters. The molecule has 0 aromatic rings. The van der Waals surface area contributed by atoms with E-state index in [1.165, 1.54) is 82.0 Å². The zero-order chi connectivity index (χ0) is 17.5. The maximum atomic E-state index is 8.52. The van der Waals surface area contributed by atoms with Crippen LogP contribution in [0.1, 0.15) is 79.1 Å². The van der Waals surface area contributed by atoms with Crippen LogP contribution in [0.4, 0.5) is 0 Å². The molecule has 23 heavy (non-hydrogen) atoms. The van der Waals surface area contributed by atoms with Crippen molar-refractivity contribution in [3.8, 4) is 0 Å². The van der Waals surface area contributed by atoms with Gasteiger partial charge in [0.1, 0.15) is 0 Å². The van der Waals surface area contributed by atoms with Crippen LogP contribution in [-0.4, -0.2) is 48.2 Å². The summed E-state index contributed by atoms with van der Waals surface area (Å²) in [5.74, 6) is 0. The van der Waals surface area contributed by atoms with Gasteiger partial charge in [0.25, 0.3) is 0 Å². The van der Waals surface area contributed by atoms with Crippen molar-refractivity contribution in [3.63, 3.8) is 0 Å². The summed E-state index contributed by atoms with van der Waals surface area (Å²) in [6.07, 6.45) is 11.1. The molecule has 136 valence electrons. The molecule has 0 rings (SSSR count). The Balaban J connectivity index is -0.000000578. The summed E-state index contributed by atoms with van der Waals surface area (Å²) < 4.78 is 35.5. The van der Waals surface area contributed by atoms with Gasteiger partial charge in [0, 0.05) is 10.4 Å². The Hall–Kier alpha value is 1.47. The Labute approximate surface area is 187 Å². The van der Waals surface area contributed by atoms with Crippen molar-refractivity contribution in [2.75, 3.05) is 26.2 Å². The summed E-state index contributed by atoms with van der Waals surface area (Å²) in [5.41, 5.74) is 0. The van der Waals surface area contributed by atoms with E-state index in [0.29, 0.717) is 0 Å². The molecule has 0 spiro atoms. The van der Waals surface area contributed by atoms with Crippen LogP contribution < -0.4 is 51.4 Å². The molecule has 0 bridgehead atoms. The molecule has 0 saturated carbocycles. The smallest absolute Gasteiger partial charge is 0.759 e. The van der Waals surface area contributed by atoms with Gasteiger partial charge in [-0.3, -0.25) is 8.42 Å². The normalized spacial score (nSPS) is 11.4. The van der Waals surface area contributed by atoms with E-state index in [1.807, 2.05) is 0 Å². The average Bonchev–Trinajstić information content (AvgIpc) is 2.44. The van der Waals surface area contributed by atoms with E-state index in [2.05, 4.69) is 27.7 Å². The molecule has 0 heterocycles. The molecule has 0 aromatic carbocycles. The third-order valence-electron chi connectivity index (χ3n) is 3.94. The minimum atomic E-state index is -5.17. The molecule has 0 fully saturated rings. The van der Waals surface area contributed by atoms with E-state index in [0.717, 1.165) is 0 Å². The molecule has 5 nitrogen and oxygen atoms in total. The summed E-state index contributed by atoms with van der Waals surface area (Å²) in [7, 11) is -5.17. The average molecular weight is 378 g/mol. The van der Waals surface area contributed by atoms with E-state index in [-0.39, 0.29) is 51.4 Å². The van der Waals surface area contributed by atoms with Gasteiger partial charge in [-0.25, -0.2) is 0 Å². The zero-order valence-corrected chi connectivity index (χ0v) is 19.9. The van der Waals surface area contributed by atoms with Crippen LogP contribution in [0.2, 0.25) is 0 Å². The van der Waals surface area contributed by atoms with Crippen molar-refractivity contribution < 1.29 is 73.4 Å². The summed E-state index contributed by atoms with van der Waals surface area (Å²) in [6, 6.07) is 0. The van der Waals surface area contributed by atoms with Gasteiger partial charge in [-0.1, -0.05) is 53.4 Å². The summed E-state index contributed by atoms with van der Waals surface area (Å²) in [4.78, 5) is 0.